The van der Waals surface area contributed by atoms with Crippen molar-refractivity contribution in [2.45, 2.75) is 18.9 Å². The maximum atomic E-state index is 10.9. The summed E-state index contributed by atoms with van der Waals surface area (Å²) in [5.41, 5.74) is 8.03. The number of likely N-dealkylation sites (tertiary alicyclic amines) is 1. The van der Waals surface area contributed by atoms with E-state index in [4.69, 9.17) is 5.53 Å². The van der Waals surface area contributed by atoms with Crippen molar-refractivity contribution in [3.8, 4) is 0 Å². The lowest BCUT2D eigenvalue weighted by Gasteiger charge is -2.16. The summed E-state index contributed by atoms with van der Waals surface area (Å²) in [5.74, 6) is 0.142. The first-order chi connectivity index (χ1) is 5.25. The minimum Gasteiger partial charge on any atom is -0.343 e. The van der Waals surface area contributed by atoms with Crippen molar-refractivity contribution in [3.63, 3.8) is 0 Å². The van der Waals surface area contributed by atoms with Gasteiger partial charge in [-0.15, -0.1) is 0 Å². The topological polar surface area (TPSA) is 69.1 Å². The van der Waals surface area contributed by atoms with E-state index in [9.17, 15) is 4.79 Å². The summed E-state index contributed by atoms with van der Waals surface area (Å²) < 4.78 is 0. The summed E-state index contributed by atoms with van der Waals surface area (Å²) in [6.07, 6.45) is 1.40. The number of likely N-dealkylation sites (N-methyl/N-ethyl adjacent to an activating group) is 1. The third-order valence-electron chi connectivity index (χ3n) is 1.99. The second kappa shape index (κ2) is 3.25. The number of carbonyl (C=O) groups excluding carboxylic acids is 1. The van der Waals surface area contributed by atoms with Gasteiger partial charge in [0.25, 0.3) is 0 Å². The van der Waals surface area contributed by atoms with Crippen molar-refractivity contribution in [1.29, 1.82) is 0 Å². The van der Waals surface area contributed by atoms with Crippen LogP contribution in [0, 0.1) is 0 Å². The monoisotopic (exact) mass is 154 g/mol. The quantitative estimate of drug-likeness (QED) is 0.331. The first kappa shape index (κ1) is 7.88. The van der Waals surface area contributed by atoms with Gasteiger partial charge in [-0.05, 0) is 12.0 Å². The maximum Gasteiger partial charge on any atom is 0.222 e. The highest BCUT2D eigenvalue weighted by Gasteiger charge is 2.26. The number of amides is 1. The van der Waals surface area contributed by atoms with Gasteiger partial charge in [0.1, 0.15) is 0 Å². The fraction of sp³-hybridized carbons (Fsp3) is 0.833. The summed E-state index contributed by atoms with van der Waals surface area (Å²) in [4.78, 5) is 15.2. The van der Waals surface area contributed by atoms with Crippen LogP contribution in [-0.2, 0) is 4.79 Å². The molecule has 0 aromatic heterocycles. The van der Waals surface area contributed by atoms with Crippen molar-refractivity contribution < 1.29 is 4.79 Å². The maximum absolute atomic E-state index is 10.9. The molecule has 1 saturated heterocycles. The molecule has 0 bridgehead atoms. The Morgan fingerprint density at radius 1 is 1.91 bits per heavy atom. The van der Waals surface area contributed by atoms with Crippen LogP contribution < -0.4 is 0 Å². The van der Waals surface area contributed by atoms with Gasteiger partial charge >= 0.3 is 0 Å². The van der Waals surface area contributed by atoms with Crippen molar-refractivity contribution in [1.82, 2.24) is 4.90 Å². The van der Waals surface area contributed by atoms with Crippen LogP contribution in [-0.4, -0.2) is 30.4 Å². The Labute approximate surface area is 64.6 Å². The zero-order valence-corrected chi connectivity index (χ0v) is 6.40. The van der Waals surface area contributed by atoms with Crippen molar-refractivity contribution in [2.24, 2.45) is 5.11 Å². The van der Waals surface area contributed by atoms with E-state index in [1.165, 1.54) is 0 Å². The molecule has 0 aromatic carbocycles. The fourth-order valence-corrected chi connectivity index (χ4v) is 1.21. The van der Waals surface area contributed by atoms with E-state index < -0.39 is 0 Å². The van der Waals surface area contributed by atoms with Gasteiger partial charge in [-0.2, -0.15) is 0 Å². The standard InChI is InChI=1S/C6H10N4O/c1-10-5(4-8-9-7)2-3-6(10)11/h5H,2-4H2,1H3/t5-/m1/s1. The molecule has 0 aliphatic carbocycles. The van der Waals surface area contributed by atoms with Gasteiger partial charge in [0.15, 0.2) is 0 Å². The van der Waals surface area contributed by atoms with E-state index in [1.54, 1.807) is 11.9 Å². The Bertz CT molecular complexity index is 209. The Kier molecular flexibility index (Phi) is 2.33. The summed E-state index contributed by atoms with van der Waals surface area (Å²) in [7, 11) is 1.74. The smallest absolute Gasteiger partial charge is 0.222 e. The van der Waals surface area contributed by atoms with Crippen LogP contribution >= 0.6 is 0 Å². The largest absolute Gasteiger partial charge is 0.343 e. The average molecular weight is 154 g/mol. The molecule has 60 valence electrons. The van der Waals surface area contributed by atoms with Gasteiger partial charge in [-0.1, -0.05) is 5.11 Å². The van der Waals surface area contributed by atoms with Crippen LogP contribution in [0.3, 0.4) is 0 Å². The molecule has 1 atom stereocenters. The van der Waals surface area contributed by atoms with Crippen LogP contribution in [0.1, 0.15) is 12.8 Å². The lowest BCUT2D eigenvalue weighted by molar-refractivity contribution is -0.127. The van der Waals surface area contributed by atoms with E-state index in [1.807, 2.05) is 0 Å². The van der Waals surface area contributed by atoms with Crippen molar-refractivity contribution >= 4 is 5.91 Å². The first-order valence-electron chi connectivity index (χ1n) is 3.52. The molecule has 1 amide bonds. The summed E-state index contributed by atoms with van der Waals surface area (Å²) in [6, 6.07) is 0.124. The fourth-order valence-electron chi connectivity index (χ4n) is 1.21. The van der Waals surface area contributed by atoms with Crippen LogP contribution in [0.2, 0.25) is 0 Å². The molecule has 5 heteroatoms. The predicted octanol–water partition coefficient (Wildman–Crippen LogP) is 0.917. The average Bonchev–Trinajstić information content (AvgIpc) is 2.31. The number of rotatable bonds is 2. The van der Waals surface area contributed by atoms with E-state index in [-0.39, 0.29) is 11.9 Å². The Hall–Kier alpha value is -1.22. The van der Waals surface area contributed by atoms with Gasteiger partial charge in [0, 0.05) is 31.0 Å². The molecule has 11 heavy (non-hydrogen) atoms. The molecule has 5 nitrogen and oxygen atoms in total. The van der Waals surface area contributed by atoms with Crippen molar-refractivity contribution in [3.05, 3.63) is 10.4 Å². The molecule has 1 aliphatic rings. The lowest BCUT2D eigenvalue weighted by atomic mass is 10.2. The number of carbonyl (C=O) groups is 1. The van der Waals surface area contributed by atoms with E-state index in [0.29, 0.717) is 13.0 Å². The van der Waals surface area contributed by atoms with Crippen LogP contribution in [0.5, 0.6) is 0 Å². The third kappa shape index (κ3) is 1.62. The van der Waals surface area contributed by atoms with Gasteiger partial charge in [-0.3, -0.25) is 4.79 Å². The highest BCUT2D eigenvalue weighted by Crippen LogP contribution is 2.16. The predicted molar refractivity (Wildman–Crippen MR) is 39.8 cm³/mol. The van der Waals surface area contributed by atoms with Crippen LogP contribution in [0.4, 0.5) is 0 Å². The normalized spacial score (nSPS) is 23.5. The molecule has 0 N–H and O–H groups in total. The molecule has 0 unspecified atom stereocenters. The molecule has 1 fully saturated rings. The molecule has 1 rings (SSSR count). The Morgan fingerprint density at radius 3 is 3.09 bits per heavy atom. The lowest BCUT2D eigenvalue weighted by Crippen LogP contribution is -2.30. The SMILES string of the molecule is CN1C(=O)CC[C@@H]1CN=[N+]=[N-]. The third-order valence-corrected chi connectivity index (χ3v) is 1.99. The molecule has 0 radical (unpaired) electrons. The zero-order chi connectivity index (χ0) is 8.27. The van der Waals surface area contributed by atoms with E-state index >= 15 is 0 Å². The zero-order valence-electron chi connectivity index (χ0n) is 6.40. The number of azide groups is 1. The van der Waals surface area contributed by atoms with Crippen LogP contribution in [0.15, 0.2) is 5.11 Å². The Balaban J connectivity index is 2.48. The summed E-state index contributed by atoms with van der Waals surface area (Å²) in [5, 5.41) is 3.43. The van der Waals surface area contributed by atoms with Crippen LogP contribution in [0.25, 0.3) is 10.4 Å². The highest BCUT2D eigenvalue weighted by atomic mass is 16.2. The first-order valence-corrected chi connectivity index (χ1v) is 3.52. The number of hydrogen-bond donors (Lipinski definition) is 0. The molecule has 0 aromatic rings. The number of hydrogen-bond acceptors (Lipinski definition) is 2. The van der Waals surface area contributed by atoms with Gasteiger partial charge in [0.05, 0.1) is 0 Å². The molecular weight excluding hydrogens is 144 g/mol. The summed E-state index contributed by atoms with van der Waals surface area (Å²) in [6.45, 7) is 0.402. The molecule has 1 aliphatic heterocycles. The minimum atomic E-state index is 0.124. The second-order valence-electron chi connectivity index (χ2n) is 2.61. The van der Waals surface area contributed by atoms with Gasteiger partial charge < -0.3 is 4.90 Å². The molecule has 1 heterocycles. The second-order valence-corrected chi connectivity index (χ2v) is 2.61. The van der Waals surface area contributed by atoms with Gasteiger partial charge in [-0.25, -0.2) is 0 Å². The van der Waals surface area contributed by atoms with Gasteiger partial charge in [0.2, 0.25) is 5.91 Å². The highest BCUT2D eigenvalue weighted by molar-refractivity contribution is 5.78. The van der Waals surface area contributed by atoms with E-state index in [2.05, 4.69) is 10.0 Å². The molecular formula is C6H10N4O. The van der Waals surface area contributed by atoms with E-state index in [0.717, 1.165) is 6.42 Å². The van der Waals surface area contributed by atoms with Crippen molar-refractivity contribution in [2.75, 3.05) is 13.6 Å². The molecule has 0 saturated carbocycles. The Morgan fingerprint density at radius 2 is 2.64 bits per heavy atom. The summed E-state index contributed by atoms with van der Waals surface area (Å²) >= 11 is 0. The minimum absolute atomic E-state index is 0.124. The molecule has 0 spiro atoms. The number of nitrogens with zero attached hydrogens (tertiary/aromatic N) is 4.